The predicted octanol–water partition coefficient (Wildman–Crippen LogP) is 4.41. The van der Waals surface area contributed by atoms with Crippen LogP contribution in [0.4, 0.5) is 10.1 Å². The van der Waals surface area contributed by atoms with Gasteiger partial charge in [0.25, 0.3) is 0 Å². The van der Waals surface area contributed by atoms with Gasteiger partial charge in [-0.1, -0.05) is 23.7 Å². The molecule has 19 heavy (non-hydrogen) atoms. The number of nitrogens with one attached hydrogen (secondary N) is 1. The van der Waals surface area contributed by atoms with E-state index in [4.69, 9.17) is 16.3 Å². The van der Waals surface area contributed by atoms with Crippen LogP contribution in [0.3, 0.4) is 0 Å². The molecule has 0 bridgehead atoms. The minimum absolute atomic E-state index is 0.259. The van der Waals surface area contributed by atoms with E-state index in [9.17, 15) is 4.39 Å². The van der Waals surface area contributed by atoms with E-state index in [1.54, 1.807) is 31.4 Å². The van der Waals surface area contributed by atoms with Gasteiger partial charge in [-0.2, -0.15) is 0 Å². The quantitative estimate of drug-likeness (QED) is 0.895. The van der Waals surface area contributed by atoms with Crippen molar-refractivity contribution in [2.24, 2.45) is 0 Å². The molecule has 0 unspecified atom stereocenters. The van der Waals surface area contributed by atoms with Gasteiger partial charge >= 0.3 is 0 Å². The lowest BCUT2D eigenvalue weighted by molar-refractivity contribution is 0.415. The van der Waals surface area contributed by atoms with Crippen molar-refractivity contribution in [1.82, 2.24) is 0 Å². The number of methoxy groups -OCH3 is 1. The van der Waals surface area contributed by atoms with Crippen LogP contribution in [0.2, 0.25) is 5.02 Å². The molecule has 0 aromatic heterocycles. The van der Waals surface area contributed by atoms with E-state index in [1.165, 1.54) is 6.07 Å². The molecule has 2 aromatic rings. The zero-order valence-electron chi connectivity index (χ0n) is 10.8. The monoisotopic (exact) mass is 279 g/mol. The van der Waals surface area contributed by atoms with Gasteiger partial charge in [-0.15, -0.1) is 0 Å². The molecule has 0 aliphatic heterocycles. The fraction of sp³-hybridized carbons (Fsp3) is 0.200. The highest BCUT2D eigenvalue weighted by atomic mass is 35.5. The molecular formula is C15H15ClFNO. The molecule has 4 heteroatoms. The van der Waals surface area contributed by atoms with E-state index in [0.717, 1.165) is 11.1 Å². The van der Waals surface area contributed by atoms with Gasteiger partial charge in [0.05, 0.1) is 17.8 Å². The highest BCUT2D eigenvalue weighted by molar-refractivity contribution is 6.32. The number of hydrogen-bond donors (Lipinski definition) is 1. The average Bonchev–Trinajstić information content (AvgIpc) is 2.40. The number of anilines is 1. The topological polar surface area (TPSA) is 21.3 Å². The minimum Gasteiger partial charge on any atom is -0.495 e. The molecular weight excluding hydrogens is 265 g/mol. The van der Waals surface area contributed by atoms with Crippen molar-refractivity contribution in [2.75, 3.05) is 12.4 Å². The van der Waals surface area contributed by atoms with E-state index < -0.39 is 0 Å². The maximum atomic E-state index is 13.6. The number of hydrogen-bond acceptors (Lipinski definition) is 2. The average molecular weight is 280 g/mol. The van der Waals surface area contributed by atoms with Crippen LogP contribution in [0, 0.1) is 12.7 Å². The summed E-state index contributed by atoms with van der Waals surface area (Å²) in [5.74, 6) is 0.373. The number of halogens is 2. The number of benzene rings is 2. The van der Waals surface area contributed by atoms with E-state index in [2.05, 4.69) is 5.32 Å². The fourth-order valence-electron chi connectivity index (χ4n) is 1.79. The standard InChI is InChI=1S/C15H15ClFNO/c1-10-3-5-13(17)14(7-10)18-9-11-4-6-15(19-2)12(16)8-11/h3-8,18H,9H2,1-2H3. The summed E-state index contributed by atoms with van der Waals surface area (Å²) < 4.78 is 18.6. The van der Waals surface area contributed by atoms with Gasteiger partial charge in [0.15, 0.2) is 0 Å². The number of rotatable bonds is 4. The molecule has 2 nitrogen and oxygen atoms in total. The molecule has 0 spiro atoms. The summed E-state index contributed by atoms with van der Waals surface area (Å²) in [6.07, 6.45) is 0. The van der Waals surface area contributed by atoms with Gasteiger partial charge in [0, 0.05) is 6.54 Å². The van der Waals surface area contributed by atoms with Gasteiger partial charge < -0.3 is 10.1 Å². The Hall–Kier alpha value is -1.74. The molecule has 0 aliphatic rings. The summed E-state index contributed by atoms with van der Waals surface area (Å²) in [5, 5.41) is 3.61. The first kappa shape index (κ1) is 13.7. The Kier molecular flexibility index (Phi) is 4.27. The van der Waals surface area contributed by atoms with Gasteiger partial charge in [0.1, 0.15) is 11.6 Å². The number of ether oxygens (including phenoxy) is 1. The Morgan fingerprint density at radius 3 is 2.68 bits per heavy atom. The van der Waals surface area contributed by atoms with Crippen LogP contribution in [0.1, 0.15) is 11.1 Å². The van der Waals surface area contributed by atoms with Crippen molar-refractivity contribution in [3.8, 4) is 5.75 Å². The van der Waals surface area contributed by atoms with E-state index >= 15 is 0 Å². The lowest BCUT2D eigenvalue weighted by Crippen LogP contribution is -2.02. The van der Waals surface area contributed by atoms with Crippen molar-refractivity contribution in [3.63, 3.8) is 0 Å². The van der Waals surface area contributed by atoms with Crippen LogP contribution in [0.5, 0.6) is 5.75 Å². The van der Waals surface area contributed by atoms with Crippen molar-refractivity contribution in [3.05, 3.63) is 58.4 Å². The largest absolute Gasteiger partial charge is 0.495 e. The minimum atomic E-state index is -0.259. The summed E-state index contributed by atoms with van der Waals surface area (Å²) in [6, 6.07) is 10.5. The van der Waals surface area contributed by atoms with E-state index in [0.29, 0.717) is 23.0 Å². The lowest BCUT2D eigenvalue weighted by Gasteiger charge is -2.10. The summed E-state index contributed by atoms with van der Waals surface area (Å²) in [4.78, 5) is 0. The highest BCUT2D eigenvalue weighted by Crippen LogP contribution is 2.25. The van der Waals surface area contributed by atoms with Crippen molar-refractivity contribution < 1.29 is 9.13 Å². The molecule has 0 aliphatic carbocycles. The molecule has 0 heterocycles. The second kappa shape index (κ2) is 5.93. The molecule has 2 rings (SSSR count). The van der Waals surface area contributed by atoms with Crippen LogP contribution in [-0.4, -0.2) is 7.11 Å². The second-order valence-electron chi connectivity index (χ2n) is 4.31. The fourth-order valence-corrected chi connectivity index (χ4v) is 2.07. The molecule has 0 atom stereocenters. The smallest absolute Gasteiger partial charge is 0.146 e. The molecule has 0 fully saturated rings. The third kappa shape index (κ3) is 3.38. The zero-order chi connectivity index (χ0) is 13.8. The molecule has 100 valence electrons. The highest BCUT2D eigenvalue weighted by Gasteiger charge is 2.04. The third-order valence-corrected chi connectivity index (χ3v) is 3.12. The Bertz CT molecular complexity index is 586. The Morgan fingerprint density at radius 2 is 2.00 bits per heavy atom. The zero-order valence-corrected chi connectivity index (χ0v) is 11.6. The molecule has 2 aromatic carbocycles. The van der Waals surface area contributed by atoms with Gasteiger partial charge in [-0.25, -0.2) is 4.39 Å². The van der Waals surface area contributed by atoms with Crippen molar-refractivity contribution in [2.45, 2.75) is 13.5 Å². The Labute approximate surface area is 117 Å². The Morgan fingerprint density at radius 1 is 1.21 bits per heavy atom. The molecule has 0 radical (unpaired) electrons. The first-order valence-electron chi connectivity index (χ1n) is 5.92. The van der Waals surface area contributed by atoms with Crippen LogP contribution in [0.15, 0.2) is 36.4 Å². The number of aryl methyl sites for hydroxylation is 1. The predicted molar refractivity (Wildman–Crippen MR) is 76.5 cm³/mol. The SMILES string of the molecule is COc1ccc(CNc2cc(C)ccc2F)cc1Cl. The summed E-state index contributed by atoms with van der Waals surface area (Å²) in [7, 11) is 1.57. The third-order valence-electron chi connectivity index (χ3n) is 2.82. The molecule has 0 saturated carbocycles. The second-order valence-corrected chi connectivity index (χ2v) is 4.71. The summed E-state index contributed by atoms with van der Waals surface area (Å²) >= 11 is 6.04. The summed E-state index contributed by atoms with van der Waals surface area (Å²) in [6.45, 7) is 2.43. The Balaban J connectivity index is 2.10. The van der Waals surface area contributed by atoms with Crippen LogP contribution in [0.25, 0.3) is 0 Å². The normalized spacial score (nSPS) is 10.3. The molecule has 0 saturated heterocycles. The van der Waals surface area contributed by atoms with Crippen LogP contribution < -0.4 is 10.1 Å². The lowest BCUT2D eigenvalue weighted by atomic mass is 10.2. The van der Waals surface area contributed by atoms with Gasteiger partial charge in [0.2, 0.25) is 0 Å². The van der Waals surface area contributed by atoms with Crippen molar-refractivity contribution >= 4 is 17.3 Å². The molecule has 0 amide bonds. The van der Waals surface area contributed by atoms with Crippen LogP contribution in [-0.2, 0) is 6.54 Å². The molecule has 1 N–H and O–H groups in total. The first-order chi connectivity index (χ1) is 9.10. The van der Waals surface area contributed by atoms with Crippen LogP contribution >= 0.6 is 11.6 Å². The van der Waals surface area contributed by atoms with Gasteiger partial charge in [-0.05, 0) is 42.3 Å². The first-order valence-corrected chi connectivity index (χ1v) is 6.30. The summed E-state index contributed by atoms with van der Waals surface area (Å²) in [5.41, 5.74) is 2.47. The van der Waals surface area contributed by atoms with Crippen molar-refractivity contribution in [1.29, 1.82) is 0 Å². The maximum absolute atomic E-state index is 13.6. The van der Waals surface area contributed by atoms with E-state index in [1.807, 2.05) is 13.0 Å². The van der Waals surface area contributed by atoms with Gasteiger partial charge in [-0.3, -0.25) is 0 Å². The maximum Gasteiger partial charge on any atom is 0.146 e. The van der Waals surface area contributed by atoms with E-state index in [-0.39, 0.29) is 5.82 Å².